The number of aliphatic carboxylic acids is 1. The van der Waals surface area contributed by atoms with Gasteiger partial charge in [0.15, 0.2) is 0 Å². The van der Waals surface area contributed by atoms with E-state index < -0.39 is 11.4 Å². The average Bonchev–Trinajstić information content (AvgIpc) is 2.61. The number of rotatable bonds is 7. The number of nitrogens with one attached hydrogen (secondary N) is 1. The van der Waals surface area contributed by atoms with Crippen molar-refractivity contribution in [3.63, 3.8) is 0 Å². The van der Waals surface area contributed by atoms with Crippen LogP contribution in [0.2, 0.25) is 0 Å². The van der Waals surface area contributed by atoms with Gasteiger partial charge >= 0.3 is 5.97 Å². The molecule has 1 aromatic rings. The quantitative estimate of drug-likeness (QED) is 0.762. The third-order valence-electron chi connectivity index (χ3n) is 4.85. The minimum Gasteiger partial charge on any atom is -0.492 e. The Labute approximate surface area is 161 Å². The van der Waals surface area contributed by atoms with Crippen molar-refractivity contribution in [2.75, 3.05) is 31.6 Å². The molecule has 1 amide bonds. The zero-order valence-corrected chi connectivity index (χ0v) is 16.9. The number of carbonyl (C=O) groups excluding carboxylic acids is 1. The van der Waals surface area contributed by atoms with Crippen molar-refractivity contribution in [3.05, 3.63) is 23.8 Å². The lowest BCUT2D eigenvalue weighted by Gasteiger charge is -2.30. The van der Waals surface area contributed by atoms with Crippen LogP contribution in [0.5, 0.6) is 5.75 Å². The van der Waals surface area contributed by atoms with Crippen LogP contribution in [0.3, 0.4) is 0 Å². The molecule has 2 rings (SSSR count). The van der Waals surface area contributed by atoms with Crippen LogP contribution < -0.4 is 10.1 Å². The van der Waals surface area contributed by atoms with E-state index in [0.717, 1.165) is 37.9 Å². The molecule has 0 radical (unpaired) electrons. The maximum Gasteiger partial charge on any atom is 0.307 e. The average molecular weight is 376 g/mol. The van der Waals surface area contributed by atoms with Crippen molar-refractivity contribution in [1.82, 2.24) is 4.90 Å². The summed E-state index contributed by atoms with van der Waals surface area (Å²) in [7, 11) is 0. The SMILES string of the molecule is CCOc1cc(CCN2CCCC(C(=O)O)C2)ccc1NC(=O)C(C)(C)C. The molecule has 1 atom stereocenters. The number of hydrogen-bond acceptors (Lipinski definition) is 4. The van der Waals surface area contributed by atoms with Crippen LogP contribution in [-0.4, -0.2) is 48.1 Å². The number of piperidine rings is 1. The molecule has 27 heavy (non-hydrogen) atoms. The summed E-state index contributed by atoms with van der Waals surface area (Å²) in [5.74, 6) is -0.330. The summed E-state index contributed by atoms with van der Waals surface area (Å²) in [6.45, 7) is 10.5. The lowest BCUT2D eigenvalue weighted by Crippen LogP contribution is -2.39. The lowest BCUT2D eigenvalue weighted by molar-refractivity contribution is -0.143. The number of anilines is 1. The molecular weight excluding hydrogens is 344 g/mol. The summed E-state index contributed by atoms with van der Waals surface area (Å²) < 4.78 is 5.73. The van der Waals surface area contributed by atoms with Gasteiger partial charge in [0.25, 0.3) is 0 Å². The van der Waals surface area contributed by atoms with Crippen molar-refractivity contribution in [1.29, 1.82) is 0 Å². The first-order valence-corrected chi connectivity index (χ1v) is 9.73. The molecule has 6 nitrogen and oxygen atoms in total. The highest BCUT2D eigenvalue weighted by molar-refractivity contribution is 5.95. The van der Waals surface area contributed by atoms with Gasteiger partial charge in [0.05, 0.1) is 18.2 Å². The number of hydrogen-bond donors (Lipinski definition) is 2. The lowest BCUT2D eigenvalue weighted by atomic mass is 9.95. The van der Waals surface area contributed by atoms with Gasteiger partial charge in [0.1, 0.15) is 5.75 Å². The molecular formula is C21H32N2O4. The predicted octanol–water partition coefficient (Wildman–Crippen LogP) is 3.41. The smallest absolute Gasteiger partial charge is 0.307 e. The molecule has 1 aliphatic rings. The van der Waals surface area contributed by atoms with Gasteiger partial charge in [-0.1, -0.05) is 26.8 Å². The first-order valence-electron chi connectivity index (χ1n) is 9.73. The molecule has 1 aliphatic heterocycles. The number of amides is 1. The standard InChI is InChI=1S/C21H32N2O4/c1-5-27-18-13-15(8-9-17(18)22-20(26)21(2,3)4)10-12-23-11-6-7-16(14-23)19(24)25/h8-9,13,16H,5-7,10-12,14H2,1-4H3,(H,22,26)(H,24,25). The monoisotopic (exact) mass is 376 g/mol. The maximum atomic E-state index is 12.3. The van der Waals surface area contributed by atoms with Crippen molar-refractivity contribution in [2.24, 2.45) is 11.3 Å². The zero-order chi connectivity index (χ0) is 20.0. The molecule has 0 aliphatic carbocycles. The van der Waals surface area contributed by atoms with Crippen molar-refractivity contribution in [3.8, 4) is 5.75 Å². The minimum atomic E-state index is -0.697. The Morgan fingerprint density at radius 1 is 1.33 bits per heavy atom. The van der Waals surface area contributed by atoms with Gasteiger partial charge in [-0.05, 0) is 50.4 Å². The molecule has 1 heterocycles. The second-order valence-electron chi connectivity index (χ2n) is 8.20. The fourth-order valence-electron chi connectivity index (χ4n) is 3.16. The Balaban J connectivity index is 2.02. The van der Waals surface area contributed by atoms with E-state index in [2.05, 4.69) is 10.2 Å². The third-order valence-corrected chi connectivity index (χ3v) is 4.85. The van der Waals surface area contributed by atoms with E-state index in [9.17, 15) is 14.7 Å². The van der Waals surface area contributed by atoms with E-state index in [1.807, 2.05) is 45.9 Å². The van der Waals surface area contributed by atoms with Crippen LogP contribution in [0.25, 0.3) is 0 Å². The second kappa shape index (κ2) is 9.22. The van der Waals surface area contributed by atoms with Gasteiger partial charge in [-0.2, -0.15) is 0 Å². The van der Waals surface area contributed by atoms with E-state index in [4.69, 9.17) is 4.74 Å². The number of carboxylic acids is 1. The number of likely N-dealkylation sites (tertiary alicyclic amines) is 1. The highest BCUT2D eigenvalue weighted by Crippen LogP contribution is 2.28. The van der Waals surface area contributed by atoms with Gasteiger partial charge in [0, 0.05) is 18.5 Å². The van der Waals surface area contributed by atoms with Gasteiger partial charge < -0.3 is 20.1 Å². The molecule has 0 spiro atoms. The number of ether oxygens (including phenoxy) is 1. The van der Waals surface area contributed by atoms with Crippen LogP contribution >= 0.6 is 0 Å². The fourth-order valence-corrected chi connectivity index (χ4v) is 3.16. The summed E-state index contributed by atoms with van der Waals surface area (Å²) in [5, 5.41) is 12.2. The number of nitrogens with zero attached hydrogens (tertiary/aromatic N) is 1. The van der Waals surface area contributed by atoms with E-state index in [0.29, 0.717) is 24.6 Å². The van der Waals surface area contributed by atoms with Crippen LogP contribution in [0.4, 0.5) is 5.69 Å². The molecule has 0 saturated carbocycles. The largest absolute Gasteiger partial charge is 0.492 e. The molecule has 1 aromatic carbocycles. The molecule has 6 heteroatoms. The van der Waals surface area contributed by atoms with Gasteiger partial charge in [-0.3, -0.25) is 9.59 Å². The fraction of sp³-hybridized carbons (Fsp3) is 0.619. The molecule has 150 valence electrons. The van der Waals surface area contributed by atoms with Crippen LogP contribution in [-0.2, 0) is 16.0 Å². The van der Waals surface area contributed by atoms with E-state index in [-0.39, 0.29) is 11.8 Å². The van der Waals surface area contributed by atoms with Crippen molar-refractivity contribution >= 4 is 17.6 Å². The molecule has 0 aromatic heterocycles. The third kappa shape index (κ3) is 6.24. The van der Waals surface area contributed by atoms with E-state index in [1.165, 1.54) is 0 Å². The Kier molecular flexibility index (Phi) is 7.25. The van der Waals surface area contributed by atoms with Crippen molar-refractivity contribution < 1.29 is 19.4 Å². The molecule has 1 saturated heterocycles. The highest BCUT2D eigenvalue weighted by Gasteiger charge is 2.25. The Morgan fingerprint density at radius 3 is 2.70 bits per heavy atom. The Bertz CT molecular complexity index is 667. The van der Waals surface area contributed by atoms with Gasteiger partial charge in [0.2, 0.25) is 5.91 Å². The van der Waals surface area contributed by atoms with Crippen LogP contribution in [0.1, 0.15) is 46.1 Å². The number of carboxylic acid groups (broad SMARTS) is 1. The van der Waals surface area contributed by atoms with Crippen LogP contribution in [0, 0.1) is 11.3 Å². The predicted molar refractivity (Wildman–Crippen MR) is 106 cm³/mol. The minimum absolute atomic E-state index is 0.0516. The molecule has 0 bridgehead atoms. The number of benzene rings is 1. The van der Waals surface area contributed by atoms with Gasteiger partial charge in [-0.25, -0.2) is 0 Å². The maximum absolute atomic E-state index is 12.3. The topological polar surface area (TPSA) is 78.9 Å². The molecule has 1 unspecified atom stereocenters. The number of carbonyl (C=O) groups is 2. The first kappa shape index (κ1) is 21.2. The van der Waals surface area contributed by atoms with E-state index in [1.54, 1.807) is 0 Å². The van der Waals surface area contributed by atoms with Crippen molar-refractivity contribution in [2.45, 2.75) is 47.0 Å². The first-order chi connectivity index (χ1) is 12.7. The normalized spacial score (nSPS) is 18.1. The summed E-state index contributed by atoms with van der Waals surface area (Å²) >= 11 is 0. The summed E-state index contributed by atoms with van der Waals surface area (Å²) in [4.78, 5) is 25.7. The summed E-state index contributed by atoms with van der Waals surface area (Å²) in [5.41, 5.74) is 1.32. The molecule has 2 N–H and O–H groups in total. The second-order valence-corrected chi connectivity index (χ2v) is 8.20. The molecule has 1 fully saturated rings. The summed E-state index contributed by atoms with van der Waals surface area (Å²) in [6.07, 6.45) is 2.52. The zero-order valence-electron chi connectivity index (χ0n) is 16.9. The Morgan fingerprint density at radius 2 is 2.07 bits per heavy atom. The van der Waals surface area contributed by atoms with E-state index >= 15 is 0 Å². The van der Waals surface area contributed by atoms with Crippen LogP contribution in [0.15, 0.2) is 18.2 Å². The Hall–Kier alpha value is -2.08. The van der Waals surface area contributed by atoms with Gasteiger partial charge in [-0.15, -0.1) is 0 Å². The highest BCUT2D eigenvalue weighted by atomic mass is 16.5. The summed E-state index contributed by atoms with van der Waals surface area (Å²) in [6, 6.07) is 5.86.